The third-order valence-corrected chi connectivity index (χ3v) is 6.91. The molecule has 0 saturated carbocycles. The molecule has 1 saturated heterocycles. The van der Waals surface area contributed by atoms with Crippen LogP contribution in [0.15, 0.2) is 53.9 Å². The molecule has 0 radical (unpaired) electrons. The molecule has 8 heteroatoms. The Bertz CT molecular complexity index is 1050. The van der Waals surface area contributed by atoms with Crippen LogP contribution in [-0.4, -0.2) is 60.4 Å². The summed E-state index contributed by atoms with van der Waals surface area (Å²) in [5.41, 5.74) is 0.895. The third-order valence-electron chi connectivity index (χ3n) is 6.01. The zero-order valence-electron chi connectivity index (χ0n) is 18.0. The van der Waals surface area contributed by atoms with Gasteiger partial charge in [0.25, 0.3) is 0 Å². The van der Waals surface area contributed by atoms with Crippen molar-refractivity contribution in [1.29, 1.82) is 0 Å². The van der Waals surface area contributed by atoms with E-state index in [1.54, 1.807) is 16.2 Å². The number of carbonyl (C=O) groups is 1. The molecule has 1 amide bonds. The quantitative estimate of drug-likeness (QED) is 0.590. The van der Waals surface area contributed by atoms with Gasteiger partial charge in [0.2, 0.25) is 5.91 Å². The number of anilines is 1. The SMILES string of the molecule is CN(C[C@@H]1COc2ccccc2O1)C(=O)C1CCN(c2ccc(-c3cccs3)nn2)CC1. The summed E-state index contributed by atoms with van der Waals surface area (Å²) in [5.74, 6) is 2.56. The molecule has 0 spiro atoms. The number of rotatable bonds is 5. The molecule has 1 aromatic carbocycles. The number of aromatic nitrogens is 2. The van der Waals surface area contributed by atoms with Crippen molar-refractivity contribution in [2.45, 2.75) is 18.9 Å². The molecule has 1 atom stereocenters. The molecule has 0 N–H and O–H groups in total. The first-order chi connectivity index (χ1) is 15.7. The van der Waals surface area contributed by atoms with Crippen LogP contribution in [0.2, 0.25) is 0 Å². The average molecular weight is 451 g/mol. The number of para-hydroxylation sites is 2. The van der Waals surface area contributed by atoms with Crippen LogP contribution < -0.4 is 14.4 Å². The van der Waals surface area contributed by atoms with Crippen molar-refractivity contribution in [3.05, 3.63) is 53.9 Å². The van der Waals surface area contributed by atoms with Gasteiger partial charge in [-0.2, -0.15) is 0 Å². The van der Waals surface area contributed by atoms with E-state index in [1.165, 1.54) is 0 Å². The van der Waals surface area contributed by atoms with Gasteiger partial charge >= 0.3 is 0 Å². The Labute approximate surface area is 191 Å². The van der Waals surface area contributed by atoms with E-state index in [1.807, 2.05) is 61.0 Å². The van der Waals surface area contributed by atoms with Gasteiger partial charge in [0.1, 0.15) is 12.3 Å². The fraction of sp³-hybridized carbons (Fsp3) is 0.375. The minimum absolute atomic E-state index is 0.0198. The molecule has 166 valence electrons. The molecule has 2 aliphatic rings. The van der Waals surface area contributed by atoms with E-state index in [-0.39, 0.29) is 17.9 Å². The van der Waals surface area contributed by atoms with E-state index >= 15 is 0 Å². The number of nitrogens with zero attached hydrogens (tertiary/aromatic N) is 4. The maximum absolute atomic E-state index is 13.0. The number of likely N-dealkylation sites (N-methyl/N-ethyl adjacent to an activating group) is 1. The summed E-state index contributed by atoms with van der Waals surface area (Å²) < 4.78 is 11.8. The number of ether oxygens (including phenoxy) is 2. The summed E-state index contributed by atoms with van der Waals surface area (Å²) in [7, 11) is 1.85. The van der Waals surface area contributed by atoms with Crippen LogP contribution in [0.5, 0.6) is 11.5 Å². The Morgan fingerprint density at radius 2 is 1.91 bits per heavy atom. The highest BCUT2D eigenvalue weighted by molar-refractivity contribution is 7.13. The largest absolute Gasteiger partial charge is 0.486 e. The van der Waals surface area contributed by atoms with Crippen molar-refractivity contribution in [2.75, 3.05) is 38.2 Å². The van der Waals surface area contributed by atoms with Crippen LogP contribution >= 0.6 is 11.3 Å². The van der Waals surface area contributed by atoms with Gasteiger partial charge in [-0.05, 0) is 48.6 Å². The topological polar surface area (TPSA) is 67.8 Å². The van der Waals surface area contributed by atoms with Crippen molar-refractivity contribution in [3.8, 4) is 22.1 Å². The Morgan fingerprint density at radius 3 is 2.62 bits per heavy atom. The van der Waals surface area contributed by atoms with Crippen molar-refractivity contribution < 1.29 is 14.3 Å². The van der Waals surface area contributed by atoms with Gasteiger partial charge in [0, 0.05) is 26.1 Å². The molecular weight excluding hydrogens is 424 g/mol. The molecule has 0 unspecified atom stereocenters. The average Bonchev–Trinajstić information content (AvgIpc) is 3.39. The molecule has 3 aromatic rings. The lowest BCUT2D eigenvalue weighted by molar-refractivity contribution is -0.136. The fourth-order valence-corrected chi connectivity index (χ4v) is 4.96. The Kier molecular flexibility index (Phi) is 5.94. The fourth-order valence-electron chi connectivity index (χ4n) is 4.27. The molecule has 1 fully saturated rings. The number of benzene rings is 1. The van der Waals surface area contributed by atoms with Crippen molar-refractivity contribution in [2.24, 2.45) is 5.92 Å². The second-order valence-corrected chi connectivity index (χ2v) is 9.18. The Balaban J connectivity index is 1.13. The minimum atomic E-state index is -0.156. The molecule has 0 bridgehead atoms. The molecule has 2 aliphatic heterocycles. The van der Waals surface area contributed by atoms with Gasteiger partial charge in [-0.1, -0.05) is 18.2 Å². The monoisotopic (exact) mass is 450 g/mol. The first-order valence-electron chi connectivity index (χ1n) is 10.9. The summed E-state index contributed by atoms with van der Waals surface area (Å²) in [6, 6.07) is 15.7. The Hall–Kier alpha value is -3.13. The highest BCUT2D eigenvalue weighted by Crippen LogP contribution is 2.31. The van der Waals surface area contributed by atoms with E-state index in [0.717, 1.165) is 53.8 Å². The first-order valence-corrected chi connectivity index (χ1v) is 11.8. The van der Waals surface area contributed by atoms with Crippen LogP contribution in [-0.2, 0) is 4.79 Å². The summed E-state index contributed by atoms with van der Waals surface area (Å²) in [6.07, 6.45) is 1.46. The molecule has 2 aromatic heterocycles. The number of carbonyl (C=O) groups excluding carboxylic acids is 1. The number of fused-ring (bicyclic) bond motifs is 1. The smallest absolute Gasteiger partial charge is 0.225 e. The van der Waals surface area contributed by atoms with E-state index in [9.17, 15) is 4.79 Å². The van der Waals surface area contributed by atoms with Crippen LogP contribution in [0, 0.1) is 5.92 Å². The standard InChI is InChI=1S/C24H26N4O3S/c1-27(15-18-16-30-20-5-2-3-6-21(20)31-18)24(29)17-10-12-28(13-11-17)23-9-8-19(25-26-23)22-7-4-14-32-22/h2-9,14,17-18H,10-13,15-16H2,1H3/t18-/m1/s1. The maximum Gasteiger partial charge on any atom is 0.225 e. The lowest BCUT2D eigenvalue weighted by atomic mass is 9.95. The van der Waals surface area contributed by atoms with E-state index < -0.39 is 0 Å². The molecular formula is C24H26N4O3S. The van der Waals surface area contributed by atoms with Crippen molar-refractivity contribution >= 4 is 23.1 Å². The van der Waals surface area contributed by atoms with Gasteiger partial charge in [0.15, 0.2) is 23.4 Å². The zero-order valence-corrected chi connectivity index (χ0v) is 18.8. The third kappa shape index (κ3) is 4.41. The van der Waals surface area contributed by atoms with Crippen molar-refractivity contribution in [1.82, 2.24) is 15.1 Å². The van der Waals surface area contributed by atoms with Gasteiger partial charge in [-0.3, -0.25) is 4.79 Å². The second-order valence-electron chi connectivity index (χ2n) is 8.23. The normalized spacial score (nSPS) is 18.4. The number of amides is 1. The van der Waals surface area contributed by atoms with Crippen LogP contribution in [0.25, 0.3) is 10.6 Å². The zero-order chi connectivity index (χ0) is 21.9. The van der Waals surface area contributed by atoms with Gasteiger partial charge in [-0.15, -0.1) is 21.5 Å². The van der Waals surface area contributed by atoms with Gasteiger partial charge < -0.3 is 19.3 Å². The minimum Gasteiger partial charge on any atom is -0.486 e. The predicted octanol–water partition coefficient (Wildman–Crippen LogP) is 3.72. The molecule has 7 nitrogen and oxygen atoms in total. The maximum atomic E-state index is 13.0. The van der Waals surface area contributed by atoms with Gasteiger partial charge in [-0.25, -0.2) is 0 Å². The molecule has 0 aliphatic carbocycles. The van der Waals surface area contributed by atoms with Crippen LogP contribution in [0.4, 0.5) is 5.82 Å². The number of piperidine rings is 1. The lowest BCUT2D eigenvalue weighted by Crippen LogP contribution is -2.46. The van der Waals surface area contributed by atoms with Gasteiger partial charge in [0.05, 0.1) is 11.4 Å². The van der Waals surface area contributed by atoms with Crippen molar-refractivity contribution in [3.63, 3.8) is 0 Å². The predicted molar refractivity (Wildman–Crippen MR) is 124 cm³/mol. The highest BCUT2D eigenvalue weighted by Gasteiger charge is 2.30. The number of hydrogen-bond acceptors (Lipinski definition) is 7. The summed E-state index contributed by atoms with van der Waals surface area (Å²) >= 11 is 1.66. The second kappa shape index (κ2) is 9.16. The number of thiophene rings is 1. The van der Waals surface area contributed by atoms with Crippen LogP contribution in [0.1, 0.15) is 12.8 Å². The summed E-state index contributed by atoms with van der Waals surface area (Å²) in [6.45, 7) is 2.57. The lowest BCUT2D eigenvalue weighted by Gasteiger charge is -2.35. The number of hydrogen-bond donors (Lipinski definition) is 0. The van der Waals surface area contributed by atoms with E-state index in [2.05, 4.69) is 15.1 Å². The van der Waals surface area contributed by atoms with E-state index in [0.29, 0.717) is 13.2 Å². The summed E-state index contributed by atoms with van der Waals surface area (Å²) in [4.78, 5) is 18.1. The molecule has 32 heavy (non-hydrogen) atoms. The Morgan fingerprint density at radius 1 is 1.09 bits per heavy atom. The van der Waals surface area contributed by atoms with Crippen LogP contribution in [0.3, 0.4) is 0 Å². The molecule has 4 heterocycles. The molecule has 5 rings (SSSR count). The highest BCUT2D eigenvalue weighted by atomic mass is 32.1. The first kappa shape index (κ1) is 20.8. The van der Waals surface area contributed by atoms with E-state index in [4.69, 9.17) is 9.47 Å². The summed E-state index contributed by atoms with van der Waals surface area (Å²) in [5, 5.41) is 10.8.